The third-order valence-electron chi connectivity index (χ3n) is 3.06. The van der Waals surface area contributed by atoms with Crippen molar-refractivity contribution in [2.24, 2.45) is 0 Å². The molecule has 0 bridgehead atoms. The van der Waals surface area contributed by atoms with E-state index < -0.39 is 0 Å². The minimum absolute atomic E-state index is 0.247. The number of carbonyl (C=O) groups excluding carboxylic acids is 1. The summed E-state index contributed by atoms with van der Waals surface area (Å²) in [5.74, 6) is 0.601. The van der Waals surface area contributed by atoms with Gasteiger partial charge in [0.05, 0.1) is 18.6 Å². The molecule has 0 N–H and O–H groups in total. The summed E-state index contributed by atoms with van der Waals surface area (Å²) in [5.41, 5.74) is 2.87. The highest BCUT2D eigenvalue weighted by Gasteiger charge is 2.21. The lowest BCUT2D eigenvalue weighted by Crippen LogP contribution is -2.07. The monoisotopic (exact) mass is 263 g/mol. The number of ether oxygens (including phenoxy) is 1. The Hall–Kier alpha value is -1.42. The van der Waals surface area contributed by atoms with Gasteiger partial charge in [0.25, 0.3) is 0 Å². The number of hydrogen-bond acceptors (Lipinski definition) is 3. The maximum atomic E-state index is 12.0. The third kappa shape index (κ3) is 2.01. The van der Waals surface area contributed by atoms with Crippen LogP contribution in [0.2, 0.25) is 0 Å². The maximum absolute atomic E-state index is 12.0. The van der Waals surface area contributed by atoms with Crippen molar-refractivity contribution in [3.63, 3.8) is 0 Å². The van der Waals surface area contributed by atoms with Crippen LogP contribution in [0.3, 0.4) is 0 Å². The van der Waals surface area contributed by atoms with Gasteiger partial charge in [-0.15, -0.1) is 11.8 Å². The highest BCUT2D eigenvalue weighted by molar-refractivity contribution is 7.97. The summed E-state index contributed by atoms with van der Waals surface area (Å²) in [6.07, 6.45) is 2.88. The molecule has 0 fully saturated rings. The second kappa shape index (κ2) is 5.48. The van der Waals surface area contributed by atoms with Gasteiger partial charge in [0.15, 0.2) is 0 Å². The Morgan fingerprint density at radius 2 is 2.11 bits per heavy atom. The average molecular weight is 263 g/mol. The van der Waals surface area contributed by atoms with Gasteiger partial charge in [0.1, 0.15) is 0 Å². The van der Waals surface area contributed by atoms with E-state index in [0.29, 0.717) is 5.56 Å². The Kier molecular flexibility index (Phi) is 3.97. The zero-order valence-electron chi connectivity index (χ0n) is 10.9. The van der Waals surface area contributed by atoms with Crippen molar-refractivity contribution in [2.45, 2.75) is 19.2 Å². The standard InChI is InChI=1S/C14H17NO2S/c1-4-11-13(14(16)17-2)10-7-5-6-8-12(10)15(11)9-18-3/h5-8H,4,9H2,1-3H3. The molecule has 0 aliphatic carbocycles. The first-order chi connectivity index (χ1) is 8.74. The number of carbonyl (C=O) groups is 1. The molecule has 1 heterocycles. The molecule has 0 atom stereocenters. The fourth-order valence-electron chi connectivity index (χ4n) is 2.33. The first-order valence-electron chi connectivity index (χ1n) is 5.91. The predicted molar refractivity (Wildman–Crippen MR) is 76.2 cm³/mol. The molecule has 0 radical (unpaired) electrons. The molecule has 1 aromatic heterocycles. The first kappa shape index (κ1) is 13.0. The topological polar surface area (TPSA) is 31.2 Å². The van der Waals surface area contributed by atoms with Crippen LogP contribution in [0.1, 0.15) is 23.0 Å². The molecule has 0 unspecified atom stereocenters. The quantitative estimate of drug-likeness (QED) is 0.793. The summed E-state index contributed by atoms with van der Waals surface area (Å²) in [6, 6.07) is 7.99. The molecule has 1 aromatic carbocycles. The Balaban J connectivity index is 2.77. The highest BCUT2D eigenvalue weighted by Crippen LogP contribution is 2.28. The lowest BCUT2D eigenvalue weighted by Gasteiger charge is -2.08. The molecule has 0 aliphatic heterocycles. The Bertz CT molecular complexity index is 574. The number of esters is 1. The Morgan fingerprint density at radius 3 is 2.72 bits per heavy atom. The van der Waals surface area contributed by atoms with Gasteiger partial charge in [-0.1, -0.05) is 25.1 Å². The minimum atomic E-state index is -0.247. The molecule has 18 heavy (non-hydrogen) atoms. The van der Waals surface area contributed by atoms with Crippen molar-refractivity contribution in [2.75, 3.05) is 13.4 Å². The number of fused-ring (bicyclic) bond motifs is 1. The molecule has 2 rings (SSSR count). The molecule has 0 aliphatic rings. The maximum Gasteiger partial charge on any atom is 0.340 e. The Morgan fingerprint density at radius 1 is 1.39 bits per heavy atom. The van der Waals surface area contributed by atoms with Crippen LogP contribution in [0.4, 0.5) is 0 Å². The normalized spacial score (nSPS) is 10.8. The van der Waals surface area contributed by atoms with E-state index in [1.54, 1.807) is 11.8 Å². The van der Waals surface area contributed by atoms with Gasteiger partial charge in [-0.2, -0.15) is 0 Å². The van der Waals surface area contributed by atoms with Crippen molar-refractivity contribution in [1.82, 2.24) is 4.57 Å². The summed E-state index contributed by atoms with van der Waals surface area (Å²) >= 11 is 1.74. The fourth-order valence-corrected chi connectivity index (χ4v) is 2.88. The van der Waals surface area contributed by atoms with Crippen LogP contribution in [0.5, 0.6) is 0 Å². The molecule has 0 spiro atoms. The van der Waals surface area contributed by atoms with E-state index in [-0.39, 0.29) is 5.97 Å². The minimum Gasteiger partial charge on any atom is -0.465 e. The number of aromatic nitrogens is 1. The first-order valence-corrected chi connectivity index (χ1v) is 7.31. The predicted octanol–water partition coefficient (Wildman–Crippen LogP) is 3.31. The van der Waals surface area contributed by atoms with E-state index >= 15 is 0 Å². The molecule has 96 valence electrons. The average Bonchev–Trinajstić information content (AvgIpc) is 2.72. The van der Waals surface area contributed by atoms with E-state index in [4.69, 9.17) is 4.74 Å². The summed E-state index contributed by atoms with van der Waals surface area (Å²) in [6.45, 7) is 2.07. The highest BCUT2D eigenvalue weighted by atomic mass is 32.2. The van der Waals surface area contributed by atoms with E-state index in [1.165, 1.54) is 7.11 Å². The SMILES string of the molecule is CCc1c(C(=O)OC)c2ccccc2n1CSC. The van der Waals surface area contributed by atoms with Crippen LogP contribution in [0, 0.1) is 0 Å². The fraction of sp³-hybridized carbons (Fsp3) is 0.357. The van der Waals surface area contributed by atoms with Crippen molar-refractivity contribution < 1.29 is 9.53 Å². The largest absolute Gasteiger partial charge is 0.465 e. The zero-order chi connectivity index (χ0) is 13.1. The number of methoxy groups -OCH3 is 1. The van der Waals surface area contributed by atoms with Crippen LogP contribution in [-0.4, -0.2) is 23.9 Å². The van der Waals surface area contributed by atoms with Gasteiger partial charge in [-0.05, 0) is 18.7 Å². The summed E-state index contributed by atoms with van der Waals surface area (Å²) in [7, 11) is 1.43. The molecule has 0 saturated carbocycles. The van der Waals surface area contributed by atoms with Gasteiger partial charge >= 0.3 is 5.97 Å². The van der Waals surface area contributed by atoms with Gasteiger partial charge < -0.3 is 9.30 Å². The number of hydrogen-bond donors (Lipinski definition) is 0. The van der Waals surface area contributed by atoms with Crippen LogP contribution in [0.15, 0.2) is 24.3 Å². The molecular weight excluding hydrogens is 246 g/mol. The summed E-state index contributed by atoms with van der Waals surface area (Å²) in [4.78, 5) is 12.0. The lowest BCUT2D eigenvalue weighted by molar-refractivity contribution is 0.0601. The van der Waals surface area contributed by atoms with Crippen LogP contribution < -0.4 is 0 Å². The van der Waals surface area contributed by atoms with Crippen molar-refractivity contribution in [3.8, 4) is 0 Å². The van der Waals surface area contributed by atoms with Crippen molar-refractivity contribution in [1.29, 1.82) is 0 Å². The number of nitrogens with zero attached hydrogens (tertiary/aromatic N) is 1. The summed E-state index contributed by atoms with van der Waals surface area (Å²) in [5, 5.41) is 0.982. The second-order valence-electron chi connectivity index (χ2n) is 4.03. The second-order valence-corrected chi connectivity index (χ2v) is 4.87. The smallest absolute Gasteiger partial charge is 0.340 e. The molecular formula is C14H17NO2S. The van der Waals surface area contributed by atoms with E-state index in [9.17, 15) is 4.79 Å². The lowest BCUT2D eigenvalue weighted by atomic mass is 10.1. The molecule has 0 amide bonds. The summed E-state index contributed by atoms with van der Waals surface area (Å²) < 4.78 is 7.12. The van der Waals surface area contributed by atoms with Gasteiger partial charge in [-0.3, -0.25) is 0 Å². The number of benzene rings is 1. The van der Waals surface area contributed by atoms with Crippen LogP contribution >= 0.6 is 11.8 Å². The molecule has 0 saturated heterocycles. The third-order valence-corrected chi connectivity index (χ3v) is 3.58. The molecule has 2 aromatic rings. The molecule has 4 heteroatoms. The van der Waals surface area contributed by atoms with E-state index in [0.717, 1.165) is 28.9 Å². The zero-order valence-corrected chi connectivity index (χ0v) is 11.7. The number of para-hydroxylation sites is 1. The van der Waals surface area contributed by atoms with Crippen molar-refractivity contribution >= 4 is 28.6 Å². The Labute approximate surface area is 111 Å². The van der Waals surface area contributed by atoms with Gasteiger partial charge in [-0.25, -0.2) is 4.79 Å². The molecule has 3 nitrogen and oxygen atoms in total. The van der Waals surface area contributed by atoms with Gasteiger partial charge in [0, 0.05) is 16.6 Å². The number of rotatable bonds is 4. The van der Waals surface area contributed by atoms with Gasteiger partial charge in [0.2, 0.25) is 0 Å². The van der Waals surface area contributed by atoms with E-state index in [1.807, 2.05) is 18.2 Å². The van der Waals surface area contributed by atoms with Crippen LogP contribution in [0.25, 0.3) is 10.9 Å². The van der Waals surface area contributed by atoms with Crippen molar-refractivity contribution in [3.05, 3.63) is 35.5 Å². The van der Waals surface area contributed by atoms with Crippen LogP contribution in [-0.2, 0) is 17.0 Å². The van der Waals surface area contributed by atoms with E-state index in [2.05, 4.69) is 23.8 Å². The number of thioether (sulfide) groups is 1.